The molecule has 4 nitrogen and oxygen atoms in total. The van der Waals surface area contributed by atoms with Gasteiger partial charge in [-0.25, -0.2) is 4.79 Å². The number of rotatable bonds is 3. The summed E-state index contributed by atoms with van der Waals surface area (Å²) in [5.74, 6) is 0.216. The van der Waals surface area contributed by atoms with Crippen LogP contribution in [0.2, 0.25) is 0 Å². The van der Waals surface area contributed by atoms with Crippen LogP contribution >= 0.6 is 0 Å². The summed E-state index contributed by atoms with van der Waals surface area (Å²) in [5, 5.41) is 4.27. The number of carbonyl (C=O) groups excluding carboxylic acids is 1. The van der Waals surface area contributed by atoms with Gasteiger partial charge < -0.3 is 10.1 Å². The molecule has 1 aromatic heterocycles. The van der Waals surface area contributed by atoms with Gasteiger partial charge in [0.25, 0.3) is 0 Å². The Morgan fingerprint density at radius 3 is 2.63 bits per heavy atom. The molecule has 0 bridgehead atoms. The molecule has 3 aromatic rings. The van der Waals surface area contributed by atoms with Gasteiger partial charge in [0.1, 0.15) is 5.60 Å². The molecule has 0 radical (unpaired) electrons. The molecule has 0 fully saturated rings. The summed E-state index contributed by atoms with van der Waals surface area (Å²) < 4.78 is 5.57. The van der Waals surface area contributed by atoms with Crippen molar-refractivity contribution in [3.05, 3.63) is 83.6 Å². The molecule has 1 unspecified atom stereocenters. The Hall–Kier alpha value is -3.14. The fourth-order valence-electron chi connectivity index (χ4n) is 4.25. The fourth-order valence-corrected chi connectivity index (χ4v) is 4.25. The van der Waals surface area contributed by atoms with Crippen molar-refractivity contribution in [2.24, 2.45) is 5.92 Å². The highest BCUT2D eigenvalue weighted by Gasteiger charge is 2.34. The monoisotopic (exact) mass is 400 g/mol. The van der Waals surface area contributed by atoms with Crippen LogP contribution in [0.25, 0.3) is 17.0 Å². The number of carbonyl (C=O) groups is 1. The zero-order valence-electron chi connectivity index (χ0n) is 17.9. The van der Waals surface area contributed by atoms with Crippen molar-refractivity contribution in [3.63, 3.8) is 0 Å². The zero-order valence-corrected chi connectivity index (χ0v) is 17.9. The summed E-state index contributed by atoms with van der Waals surface area (Å²) >= 11 is 0. The number of aromatic nitrogens is 1. The molecule has 1 aliphatic carbocycles. The fraction of sp³-hybridized carbons (Fsp3) is 0.308. The first-order valence-electron chi connectivity index (χ1n) is 10.4. The number of fused-ring (bicyclic) bond motifs is 2. The largest absolute Gasteiger partial charge is 0.444 e. The molecule has 4 heteroatoms. The van der Waals surface area contributed by atoms with Crippen molar-refractivity contribution in [1.29, 1.82) is 0 Å². The minimum atomic E-state index is -0.547. The number of ether oxygens (including phenoxy) is 1. The van der Waals surface area contributed by atoms with Crippen LogP contribution in [0.4, 0.5) is 4.79 Å². The summed E-state index contributed by atoms with van der Waals surface area (Å²) in [6, 6.07) is 18.4. The number of para-hydroxylation sites is 1. The number of alkyl carbamates (subject to hydrolysis) is 1. The summed E-state index contributed by atoms with van der Waals surface area (Å²) in [7, 11) is 0. The van der Waals surface area contributed by atoms with Crippen LogP contribution in [0.1, 0.15) is 56.3 Å². The third kappa shape index (κ3) is 4.09. The number of hydrogen-bond donors (Lipinski definition) is 1. The van der Waals surface area contributed by atoms with Crippen LogP contribution in [0.5, 0.6) is 0 Å². The minimum absolute atomic E-state index is 0.0695. The number of pyridine rings is 1. The quantitative estimate of drug-likeness (QED) is 0.565. The van der Waals surface area contributed by atoms with E-state index < -0.39 is 11.7 Å². The lowest BCUT2D eigenvalue weighted by molar-refractivity contribution is 0.0488. The van der Waals surface area contributed by atoms with E-state index in [4.69, 9.17) is 4.74 Å². The van der Waals surface area contributed by atoms with Crippen LogP contribution < -0.4 is 5.32 Å². The molecule has 30 heavy (non-hydrogen) atoms. The van der Waals surface area contributed by atoms with Crippen LogP contribution in [-0.4, -0.2) is 16.7 Å². The van der Waals surface area contributed by atoms with Crippen LogP contribution in [-0.2, 0) is 4.74 Å². The Kier molecular flexibility index (Phi) is 5.33. The Bertz CT molecular complexity index is 1090. The maximum atomic E-state index is 12.7. The molecular weight excluding hydrogens is 372 g/mol. The molecule has 1 N–H and O–H groups in total. The van der Waals surface area contributed by atoms with Crippen molar-refractivity contribution < 1.29 is 9.53 Å². The first-order chi connectivity index (χ1) is 14.3. The summed E-state index contributed by atoms with van der Waals surface area (Å²) in [5.41, 5.74) is 3.87. The topological polar surface area (TPSA) is 51.2 Å². The van der Waals surface area contributed by atoms with E-state index in [1.54, 1.807) is 0 Å². The predicted molar refractivity (Wildman–Crippen MR) is 121 cm³/mol. The maximum absolute atomic E-state index is 12.7. The molecular formula is C26H28N2O2. The summed E-state index contributed by atoms with van der Waals surface area (Å²) in [6.45, 7) is 7.84. The molecule has 1 amide bonds. The van der Waals surface area contributed by atoms with E-state index in [0.717, 1.165) is 22.0 Å². The van der Waals surface area contributed by atoms with Crippen LogP contribution in [0.3, 0.4) is 0 Å². The van der Waals surface area contributed by atoms with Crippen molar-refractivity contribution in [1.82, 2.24) is 10.3 Å². The van der Waals surface area contributed by atoms with Gasteiger partial charge in [0.2, 0.25) is 0 Å². The predicted octanol–water partition coefficient (Wildman–Crippen LogP) is 6.25. The summed E-state index contributed by atoms with van der Waals surface area (Å²) in [4.78, 5) is 17.3. The van der Waals surface area contributed by atoms with Gasteiger partial charge in [-0.3, -0.25) is 4.98 Å². The number of nitrogens with zero attached hydrogens (tertiary/aromatic N) is 1. The highest BCUT2D eigenvalue weighted by Crippen LogP contribution is 2.41. The molecule has 1 aliphatic rings. The lowest BCUT2D eigenvalue weighted by Gasteiger charge is -2.35. The zero-order chi connectivity index (χ0) is 21.3. The molecule has 1 heterocycles. The summed E-state index contributed by atoms with van der Waals surface area (Å²) in [6.07, 6.45) is 5.80. The highest BCUT2D eigenvalue weighted by atomic mass is 16.6. The van der Waals surface area contributed by atoms with Gasteiger partial charge in [-0.2, -0.15) is 0 Å². The average molecular weight is 401 g/mol. The average Bonchev–Trinajstić information content (AvgIpc) is 2.72. The molecule has 0 saturated carbocycles. The third-order valence-corrected chi connectivity index (χ3v) is 5.62. The lowest BCUT2D eigenvalue weighted by Crippen LogP contribution is -2.39. The third-order valence-electron chi connectivity index (χ3n) is 5.62. The SMILES string of the molecule is CC(c1cccc2cccnc12)[C@H]1C=Cc2ccccc2[C@H]1NC(=O)OC(C)(C)C. The molecule has 0 aliphatic heterocycles. The Morgan fingerprint density at radius 2 is 1.83 bits per heavy atom. The number of amides is 1. The molecule has 2 aromatic carbocycles. The second-order valence-electron chi connectivity index (χ2n) is 8.90. The van der Waals surface area contributed by atoms with E-state index in [2.05, 4.69) is 65.8 Å². The van der Waals surface area contributed by atoms with E-state index >= 15 is 0 Å². The standard InChI is InChI=1S/C26H28N2O2/c1-17(20-13-7-10-19-11-8-16-27-23(19)20)21-15-14-18-9-5-6-12-22(18)24(21)28-25(29)30-26(2,3)4/h5-17,21,24H,1-4H3,(H,28,29)/t17?,21-,24+/m1/s1. The van der Waals surface area contributed by atoms with E-state index in [0.29, 0.717) is 0 Å². The van der Waals surface area contributed by atoms with Gasteiger partial charge in [0.05, 0.1) is 11.6 Å². The molecule has 3 atom stereocenters. The van der Waals surface area contributed by atoms with E-state index in [1.165, 1.54) is 5.56 Å². The van der Waals surface area contributed by atoms with Crippen molar-refractivity contribution in [2.45, 2.75) is 45.3 Å². The molecule has 0 saturated heterocycles. The Labute approximate surface area is 178 Å². The van der Waals surface area contributed by atoms with Gasteiger partial charge in [0, 0.05) is 17.5 Å². The van der Waals surface area contributed by atoms with E-state index in [1.807, 2.05) is 45.2 Å². The van der Waals surface area contributed by atoms with Crippen molar-refractivity contribution in [2.75, 3.05) is 0 Å². The van der Waals surface area contributed by atoms with Gasteiger partial charge in [0.15, 0.2) is 0 Å². The number of hydrogen-bond acceptors (Lipinski definition) is 3. The highest BCUT2D eigenvalue weighted by molar-refractivity contribution is 5.82. The van der Waals surface area contributed by atoms with Gasteiger partial charge in [-0.15, -0.1) is 0 Å². The Morgan fingerprint density at radius 1 is 1.07 bits per heavy atom. The number of nitrogens with one attached hydrogen (secondary N) is 1. The number of benzene rings is 2. The first kappa shape index (κ1) is 20.1. The van der Waals surface area contributed by atoms with Gasteiger partial charge >= 0.3 is 6.09 Å². The van der Waals surface area contributed by atoms with E-state index in [9.17, 15) is 4.79 Å². The van der Waals surface area contributed by atoms with Gasteiger partial charge in [-0.1, -0.05) is 67.6 Å². The van der Waals surface area contributed by atoms with Crippen LogP contribution in [0.15, 0.2) is 66.9 Å². The van der Waals surface area contributed by atoms with Gasteiger partial charge in [-0.05, 0) is 49.4 Å². The lowest BCUT2D eigenvalue weighted by atomic mass is 9.75. The molecule has 4 rings (SSSR count). The first-order valence-corrected chi connectivity index (χ1v) is 10.4. The minimum Gasteiger partial charge on any atom is -0.444 e. The van der Waals surface area contributed by atoms with Crippen molar-refractivity contribution >= 4 is 23.1 Å². The van der Waals surface area contributed by atoms with Crippen molar-refractivity contribution in [3.8, 4) is 0 Å². The second kappa shape index (κ2) is 7.94. The molecule has 154 valence electrons. The Balaban J connectivity index is 1.72. The second-order valence-corrected chi connectivity index (χ2v) is 8.90. The van der Waals surface area contributed by atoms with E-state index in [-0.39, 0.29) is 17.9 Å². The normalized spacial score (nSPS) is 19.2. The molecule has 0 spiro atoms. The van der Waals surface area contributed by atoms with Crippen LogP contribution in [0, 0.1) is 5.92 Å². The maximum Gasteiger partial charge on any atom is 0.408 e. The smallest absolute Gasteiger partial charge is 0.408 e.